The quantitative estimate of drug-likeness (QED) is 0.522. The number of imidazole rings is 1. The Morgan fingerprint density at radius 3 is 2.57 bits per heavy atom. The highest BCUT2D eigenvalue weighted by molar-refractivity contribution is 5.96. The summed E-state index contributed by atoms with van der Waals surface area (Å²) in [7, 11) is 1.61. The fraction of sp³-hybridized carbons (Fsp3) is 0.250. The second-order valence-corrected chi connectivity index (χ2v) is 7.11. The monoisotopic (exact) mass is 404 g/mol. The molecule has 1 heterocycles. The van der Waals surface area contributed by atoms with Crippen molar-refractivity contribution in [3.63, 3.8) is 0 Å². The van der Waals surface area contributed by atoms with Crippen molar-refractivity contribution in [3.05, 3.63) is 77.4 Å². The van der Waals surface area contributed by atoms with E-state index in [9.17, 15) is 14.7 Å². The summed E-state index contributed by atoms with van der Waals surface area (Å²) in [6.07, 6.45) is 3.57. The number of nitrogens with one attached hydrogen (secondary N) is 1. The predicted octanol–water partition coefficient (Wildman–Crippen LogP) is 4.20. The first kappa shape index (κ1) is 21.2. The smallest absolute Gasteiger partial charge is 0.336 e. The number of aromatic amines is 1. The van der Waals surface area contributed by atoms with Gasteiger partial charge in [0.2, 0.25) is 0 Å². The van der Waals surface area contributed by atoms with Crippen LogP contribution in [-0.2, 0) is 22.4 Å². The van der Waals surface area contributed by atoms with E-state index in [0.29, 0.717) is 29.7 Å². The number of aromatic carboxylic acids is 1. The van der Waals surface area contributed by atoms with Gasteiger partial charge in [0.05, 0.1) is 22.9 Å². The van der Waals surface area contributed by atoms with Crippen LogP contribution < -0.4 is 0 Å². The zero-order valence-corrected chi connectivity index (χ0v) is 17.0. The van der Waals surface area contributed by atoms with Crippen LogP contribution in [0, 0.1) is 0 Å². The number of ether oxygens (including phenoxy) is 1. The third-order valence-corrected chi connectivity index (χ3v) is 5.03. The zero-order chi connectivity index (χ0) is 21.5. The third-order valence-electron chi connectivity index (χ3n) is 5.03. The second-order valence-electron chi connectivity index (χ2n) is 7.11. The van der Waals surface area contributed by atoms with Crippen LogP contribution in [0.4, 0.5) is 0 Å². The summed E-state index contributed by atoms with van der Waals surface area (Å²) in [6, 6.07) is 14.8. The maximum absolute atomic E-state index is 11.4. The van der Waals surface area contributed by atoms with Crippen molar-refractivity contribution < 1.29 is 19.4 Å². The van der Waals surface area contributed by atoms with Crippen molar-refractivity contribution in [1.82, 2.24) is 9.97 Å². The first-order chi connectivity index (χ1) is 14.5. The molecule has 1 aromatic heterocycles. The van der Waals surface area contributed by atoms with Crippen LogP contribution in [0.5, 0.6) is 0 Å². The molecule has 0 aliphatic carbocycles. The summed E-state index contributed by atoms with van der Waals surface area (Å²) in [4.78, 5) is 30.3. The fourth-order valence-electron chi connectivity index (χ4n) is 3.25. The molecular formula is C24H24N2O4. The molecule has 6 heteroatoms. The van der Waals surface area contributed by atoms with Gasteiger partial charge in [0.1, 0.15) is 11.8 Å². The van der Waals surface area contributed by atoms with E-state index < -0.39 is 5.97 Å². The summed E-state index contributed by atoms with van der Waals surface area (Å²) in [5.41, 5.74) is 4.06. The van der Waals surface area contributed by atoms with Gasteiger partial charge in [-0.15, -0.1) is 0 Å². The number of aromatic nitrogens is 2. The highest BCUT2D eigenvalue weighted by Gasteiger charge is 2.13. The van der Waals surface area contributed by atoms with Crippen LogP contribution in [0.2, 0.25) is 0 Å². The largest absolute Gasteiger partial charge is 0.478 e. The molecule has 2 N–H and O–H groups in total. The first-order valence-electron chi connectivity index (χ1n) is 9.75. The average Bonchev–Trinajstić information content (AvgIpc) is 3.25. The van der Waals surface area contributed by atoms with Crippen LogP contribution in [0.1, 0.15) is 40.8 Å². The van der Waals surface area contributed by atoms with E-state index >= 15 is 0 Å². The van der Waals surface area contributed by atoms with Crippen molar-refractivity contribution in [2.24, 2.45) is 0 Å². The Hall–Kier alpha value is -3.47. The van der Waals surface area contributed by atoms with Gasteiger partial charge in [0, 0.05) is 26.1 Å². The number of H-pyrrole nitrogens is 1. The Bertz CT molecular complexity index is 1060. The van der Waals surface area contributed by atoms with E-state index in [-0.39, 0.29) is 11.7 Å². The Labute approximate surface area is 175 Å². The van der Waals surface area contributed by atoms with Crippen molar-refractivity contribution in [2.75, 3.05) is 7.11 Å². The van der Waals surface area contributed by atoms with Crippen molar-refractivity contribution >= 4 is 17.5 Å². The second kappa shape index (κ2) is 9.83. The number of hydrogen-bond donors (Lipinski definition) is 2. The highest BCUT2D eigenvalue weighted by Crippen LogP contribution is 2.24. The summed E-state index contributed by atoms with van der Waals surface area (Å²) < 4.78 is 5.21. The van der Waals surface area contributed by atoms with E-state index in [0.717, 1.165) is 23.4 Å². The minimum Gasteiger partial charge on any atom is -0.478 e. The maximum atomic E-state index is 11.4. The molecule has 0 amide bonds. The molecule has 1 unspecified atom stereocenters. The molecule has 0 radical (unpaired) electrons. The molecule has 3 aromatic rings. The lowest BCUT2D eigenvalue weighted by atomic mass is 9.98. The lowest BCUT2D eigenvalue weighted by molar-refractivity contribution is 0.0697. The van der Waals surface area contributed by atoms with Crippen molar-refractivity contribution in [2.45, 2.75) is 32.3 Å². The van der Waals surface area contributed by atoms with E-state index in [1.807, 2.05) is 49.3 Å². The van der Waals surface area contributed by atoms with Gasteiger partial charge in [-0.25, -0.2) is 14.6 Å². The number of carbonyl (C=O) groups is 1. The summed E-state index contributed by atoms with van der Waals surface area (Å²) in [5.74, 6) is 1.82. The number of carbonyl (C=O) groups excluding carboxylic acids is 1. The predicted molar refractivity (Wildman–Crippen MR) is 115 cm³/mol. The third kappa shape index (κ3) is 5.11. The van der Waals surface area contributed by atoms with Crippen LogP contribution in [0.25, 0.3) is 16.7 Å². The molecule has 1 atom stereocenters. The number of rotatable bonds is 9. The summed E-state index contributed by atoms with van der Waals surface area (Å²) in [6.45, 7) is 1.89. The van der Waals surface area contributed by atoms with Gasteiger partial charge in [-0.2, -0.15) is 0 Å². The summed E-state index contributed by atoms with van der Waals surface area (Å²) >= 11 is 0. The maximum Gasteiger partial charge on any atom is 0.336 e. The normalized spacial score (nSPS) is 11.7. The Morgan fingerprint density at radius 1 is 1.17 bits per heavy atom. The van der Waals surface area contributed by atoms with Gasteiger partial charge in [-0.05, 0) is 36.1 Å². The van der Waals surface area contributed by atoms with Crippen LogP contribution >= 0.6 is 0 Å². The minimum absolute atomic E-state index is 0.0774. The molecule has 0 aliphatic heterocycles. The van der Waals surface area contributed by atoms with Gasteiger partial charge in [0.15, 0.2) is 0 Å². The van der Waals surface area contributed by atoms with E-state index in [1.54, 1.807) is 25.4 Å². The van der Waals surface area contributed by atoms with E-state index in [1.165, 1.54) is 0 Å². The number of carboxylic acid groups (broad SMARTS) is 1. The Kier molecular flexibility index (Phi) is 6.96. The van der Waals surface area contributed by atoms with Crippen LogP contribution in [0.3, 0.4) is 0 Å². The van der Waals surface area contributed by atoms with Crippen molar-refractivity contribution in [3.8, 4) is 11.1 Å². The summed E-state index contributed by atoms with van der Waals surface area (Å²) in [5, 5.41) is 9.37. The number of carboxylic acids is 1. The molecule has 30 heavy (non-hydrogen) atoms. The lowest BCUT2D eigenvalue weighted by Crippen LogP contribution is -2.06. The molecule has 0 spiro atoms. The zero-order valence-electron chi connectivity index (χ0n) is 17.0. The number of aryl methyl sites for hydroxylation is 2. The molecule has 3 rings (SSSR count). The average molecular weight is 404 g/mol. The molecule has 6 nitrogen and oxygen atoms in total. The van der Waals surface area contributed by atoms with Crippen LogP contribution in [0.15, 0.2) is 54.7 Å². The van der Waals surface area contributed by atoms with Gasteiger partial charge < -0.3 is 14.8 Å². The molecule has 2 aromatic carbocycles. The van der Waals surface area contributed by atoms with Crippen molar-refractivity contribution in [1.29, 1.82) is 0 Å². The van der Waals surface area contributed by atoms with Gasteiger partial charge in [-0.3, -0.25) is 0 Å². The Balaban J connectivity index is 1.66. The number of benzene rings is 2. The lowest BCUT2D eigenvalue weighted by Gasteiger charge is -2.08. The molecular weight excluding hydrogens is 380 g/mol. The number of hydrogen-bond acceptors (Lipinski definition) is 4. The number of nitrogens with zero attached hydrogens (tertiary/aromatic N) is 1. The highest BCUT2D eigenvalue weighted by atomic mass is 16.5. The van der Waals surface area contributed by atoms with Crippen LogP contribution in [-0.4, -0.2) is 40.2 Å². The van der Waals surface area contributed by atoms with Gasteiger partial charge in [0.25, 0.3) is 0 Å². The minimum atomic E-state index is -0.938. The number of methoxy groups -OCH3 is 1. The first-order valence-corrected chi connectivity index (χ1v) is 9.75. The molecule has 0 saturated heterocycles. The Morgan fingerprint density at radius 2 is 1.90 bits per heavy atom. The van der Waals surface area contributed by atoms with Gasteiger partial charge in [-0.1, -0.05) is 42.5 Å². The van der Waals surface area contributed by atoms with E-state index in [2.05, 4.69) is 9.97 Å². The molecule has 0 aliphatic rings. The fourth-order valence-corrected chi connectivity index (χ4v) is 3.25. The molecule has 154 valence electrons. The molecule has 0 saturated carbocycles. The van der Waals surface area contributed by atoms with E-state index in [4.69, 9.17) is 4.74 Å². The SMILES string of the molecule is COC(C)CC(=C=O)c1c[nH]c(CCc2ccc(-c3ccccc3C(=O)O)cc2)n1. The topological polar surface area (TPSA) is 92.3 Å². The molecule has 0 fully saturated rings. The molecule has 0 bridgehead atoms. The standard InChI is InChI=1S/C24H24N2O4/c1-16(30-2)13-19(15-27)22-14-25-23(26-22)12-9-17-7-10-18(11-8-17)20-5-3-4-6-21(20)24(28)29/h3-8,10-11,14,16H,9,12-13H2,1-2H3,(H,25,26)(H,28,29). The van der Waals surface area contributed by atoms with Gasteiger partial charge >= 0.3 is 5.97 Å².